The van der Waals surface area contributed by atoms with E-state index in [1.807, 2.05) is 0 Å². The average Bonchev–Trinajstić information content (AvgIpc) is 2.39. The van der Waals surface area contributed by atoms with E-state index >= 15 is 0 Å². The number of rotatable bonds is 6. The number of esters is 1. The second-order valence-electron chi connectivity index (χ2n) is 4.04. The van der Waals surface area contributed by atoms with Crippen molar-refractivity contribution < 1.29 is 14.3 Å². The van der Waals surface area contributed by atoms with Crippen LogP contribution in [0, 0.1) is 0 Å². The molecule has 98 valence electrons. The maximum Gasteiger partial charge on any atom is 0.339 e. The molecule has 0 radical (unpaired) electrons. The number of anilines is 1. The van der Waals surface area contributed by atoms with E-state index in [9.17, 15) is 9.59 Å². The number of nitrogens with one attached hydrogen (secondary N) is 1. The summed E-state index contributed by atoms with van der Waals surface area (Å²) < 4.78 is 4.67. The highest BCUT2D eigenvalue weighted by molar-refractivity contribution is 6.01. The van der Waals surface area contributed by atoms with E-state index in [-0.39, 0.29) is 5.91 Å². The zero-order chi connectivity index (χ0) is 13.4. The van der Waals surface area contributed by atoms with Gasteiger partial charge in [0.05, 0.1) is 18.4 Å². The highest BCUT2D eigenvalue weighted by Crippen LogP contribution is 2.16. The van der Waals surface area contributed by atoms with Crippen molar-refractivity contribution in [2.45, 2.75) is 32.6 Å². The van der Waals surface area contributed by atoms with Crippen molar-refractivity contribution in [3.8, 4) is 0 Å². The van der Waals surface area contributed by atoms with E-state index < -0.39 is 5.97 Å². The molecule has 0 aromatic heterocycles. The van der Waals surface area contributed by atoms with E-state index in [0.29, 0.717) is 17.7 Å². The Morgan fingerprint density at radius 2 is 1.94 bits per heavy atom. The molecular formula is C14H19NO3. The SMILES string of the molecule is CCCCCC(=O)Nc1ccccc1C(=O)OC. The van der Waals surface area contributed by atoms with Gasteiger partial charge in [-0.2, -0.15) is 0 Å². The molecule has 0 saturated heterocycles. The van der Waals surface area contributed by atoms with Crippen LogP contribution in [0.15, 0.2) is 24.3 Å². The van der Waals surface area contributed by atoms with E-state index in [1.165, 1.54) is 7.11 Å². The van der Waals surface area contributed by atoms with Crippen molar-refractivity contribution in [3.63, 3.8) is 0 Å². The summed E-state index contributed by atoms with van der Waals surface area (Å²) >= 11 is 0. The first-order chi connectivity index (χ1) is 8.69. The summed E-state index contributed by atoms with van der Waals surface area (Å²) in [5, 5.41) is 2.74. The number of benzene rings is 1. The smallest absolute Gasteiger partial charge is 0.339 e. The van der Waals surface area contributed by atoms with Gasteiger partial charge in [0.15, 0.2) is 0 Å². The van der Waals surface area contributed by atoms with Crippen molar-refractivity contribution >= 4 is 17.6 Å². The normalized spacial score (nSPS) is 9.89. The topological polar surface area (TPSA) is 55.4 Å². The molecule has 0 fully saturated rings. The minimum atomic E-state index is -0.445. The first-order valence-corrected chi connectivity index (χ1v) is 6.16. The van der Waals surface area contributed by atoms with Gasteiger partial charge in [0.1, 0.15) is 0 Å². The number of amides is 1. The van der Waals surface area contributed by atoms with Gasteiger partial charge >= 0.3 is 5.97 Å². The minimum Gasteiger partial charge on any atom is -0.465 e. The van der Waals surface area contributed by atoms with Crippen molar-refractivity contribution in [2.24, 2.45) is 0 Å². The molecule has 0 aliphatic rings. The number of carbonyl (C=O) groups excluding carboxylic acids is 2. The summed E-state index contributed by atoms with van der Waals surface area (Å²) in [5.41, 5.74) is 0.884. The van der Waals surface area contributed by atoms with Crippen molar-refractivity contribution in [3.05, 3.63) is 29.8 Å². The van der Waals surface area contributed by atoms with E-state index in [0.717, 1.165) is 19.3 Å². The molecule has 0 spiro atoms. The van der Waals surface area contributed by atoms with Crippen LogP contribution in [-0.2, 0) is 9.53 Å². The van der Waals surface area contributed by atoms with Gasteiger partial charge in [0.25, 0.3) is 0 Å². The van der Waals surface area contributed by atoms with Gasteiger partial charge in [0, 0.05) is 6.42 Å². The Morgan fingerprint density at radius 1 is 1.22 bits per heavy atom. The molecule has 18 heavy (non-hydrogen) atoms. The standard InChI is InChI=1S/C14H19NO3/c1-3-4-5-10-13(16)15-12-9-7-6-8-11(12)14(17)18-2/h6-9H,3-5,10H2,1-2H3,(H,15,16). The Kier molecular flexibility index (Phi) is 5.91. The molecule has 0 aliphatic heterocycles. The first-order valence-electron chi connectivity index (χ1n) is 6.16. The van der Waals surface area contributed by atoms with Crippen LogP contribution < -0.4 is 5.32 Å². The third kappa shape index (κ3) is 4.20. The van der Waals surface area contributed by atoms with Crippen LogP contribution >= 0.6 is 0 Å². The Hall–Kier alpha value is -1.84. The number of para-hydroxylation sites is 1. The van der Waals surface area contributed by atoms with Gasteiger partial charge in [0.2, 0.25) is 5.91 Å². The van der Waals surface area contributed by atoms with Crippen molar-refractivity contribution in [1.29, 1.82) is 0 Å². The van der Waals surface area contributed by atoms with E-state index in [4.69, 9.17) is 0 Å². The maximum atomic E-state index is 11.7. The predicted molar refractivity (Wildman–Crippen MR) is 70.6 cm³/mol. The predicted octanol–water partition coefficient (Wildman–Crippen LogP) is 2.99. The Morgan fingerprint density at radius 3 is 2.61 bits per heavy atom. The molecule has 1 rings (SSSR count). The number of ether oxygens (including phenoxy) is 1. The molecular weight excluding hydrogens is 230 g/mol. The second kappa shape index (κ2) is 7.48. The van der Waals surface area contributed by atoms with Gasteiger partial charge in [-0.05, 0) is 18.6 Å². The Bertz CT molecular complexity index is 415. The lowest BCUT2D eigenvalue weighted by atomic mass is 10.1. The number of hydrogen-bond donors (Lipinski definition) is 1. The largest absolute Gasteiger partial charge is 0.465 e. The molecule has 0 unspecified atom stereocenters. The molecule has 4 heteroatoms. The number of hydrogen-bond acceptors (Lipinski definition) is 3. The lowest BCUT2D eigenvalue weighted by Crippen LogP contribution is -2.14. The van der Waals surface area contributed by atoms with E-state index in [2.05, 4.69) is 17.0 Å². The molecule has 1 amide bonds. The highest BCUT2D eigenvalue weighted by Gasteiger charge is 2.12. The van der Waals surface area contributed by atoms with Crippen molar-refractivity contribution in [2.75, 3.05) is 12.4 Å². The molecule has 0 heterocycles. The number of methoxy groups -OCH3 is 1. The summed E-state index contributed by atoms with van der Waals surface area (Å²) in [6.45, 7) is 2.09. The fraction of sp³-hybridized carbons (Fsp3) is 0.429. The van der Waals surface area contributed by atoms with Gasteiger partial charge in [-0.3, -0.25) is 4.79 Å². The molecule has 0 bridgehead atoms. The van der Waals surface area contributed by atoms with Crippen LogP contribution in [0.5, 0.6) is 0 Å². The lowest BCUT2D eigenvalue weighted by Gasteiger charge is -2.09. The Balaban J connectivity index is 2.66. The van der Waals surface area contributed by atoms with Crippen LogP contribution in [0.1, 0.15) is 43.0 Å². The number of unbranched alkanes of at least 4 members (excludes halogenated alkanes) is 2. The van der Waals surface area contributed by atoms with Gasteiger partial charge in [-0.15, -0.1) is 0 Å². The maximum absolute atomic E-state index is 11.7. The summed E-state index contributed by atoms with van der Waals surface area (Å²) in [6, 6.07) is 6.84. The quantitative estimate of drug-likeness (QED) is 0.623. The van der Waals surface area contributed by atoms with Crippen LogP contribution in [0.4, 0.5) is 5.69 Å². The van der Waals surface area contributed by atoms with Gasteiger partial charge in [-0.25, -0.2) is 4.79 Å². The van der Waals surface area contributed by atoms with Crippen LogP contribution in [0.2, 0.25) is 0 Å². The lowest BCUT2D eigenvalue weighted by molar-refractivity contribution is -0.116. The molecule has 4 nitrogen and oxygen atoms in total. The summed E-state index contributed by atoms with van der Waals surface area (Å²) in [5.74, 6) is -0.515. The van der Waals surface area contributed by atoms with Gasteiger partial charge in [-0.1, -0.05) is 31.9 Å². The monoisotopic (exact) mass is 249 g/mol. The van der Waals surface area contributed by atoms with E-state index in [1.54, 1.807) is 24.3 Å². The average molecular weight is 249 g/mol. The summed E-state index contributed by atoms with van der Waals surface area (Å²) in [6.07, 6.45) is 3.45. The molecule has 0 atom stereocenters. The van der Waals surface area contributed by atoms with Crippen molar-refractivity contribution in [1.82, 2.24) is 0 Å². The fourth-order valence-corrected chi connectivity index (χ4v) is 1.63. The molecule has 0 saturated carbocycles. The fourth-order valence-electron chi connectivity index (χ4n) is 1.63. The number of carbonyl (C=O) groups is 2. The third-order valence-electron chi connectivity index (χ3n) is 2.61. The molecule has 1 aromatic rings. The summed E-state index contributed by atoms with van der Waals surface area (Å²) in [7, 11) is 1.32. The second-order valence-corrected chi connectivity index (χ2v) is 4.04. The van der Waals surface area contributed by atoms with Crippen LogP contribution in [0.25, 0.3) is 0 Å². The van der Waals surface area contributed by atoms with Crippen LogP contribution in [-0.4, -0.2) is 19.0 Å². The zero-order valence-corrected chi connectivity index (χ0v) is 10.9. The Labute approximate surface area is 107 Å². The van der Waals surface area contributed by atoms with Crippen LogP contribution in [0.3, 0.4) is 0 Å². The highest BCUT2D eigenvalue weighted by atomic mass is 16.5. The minimum absolute atomic E-state index is 0.0696. The first kappa shape index (κ1) is 14.2. The molecule has 1 aromatic carbocycles. The van der Waals surface area contributed by atoms with Gasteiger partial charge < -0.3 is 10.1 Å². The zero-order valence-electron chi connectivity index (χ0n) is 10.9. The molecule has 1 N–H and O–H groups in total. The molecule has 0 aliphatic carbocycles. The third-order valence-corrected chi connectivity index (χ3v) is 2.61. The summed E-state index contributed by atoms with van der Waals surface area (Å²) in [4.78, 5) is 23.2.